The van der Waals surface area contributed by atoms with Gasteiger partial charge >= 0.3 is 0 Å². The highest BCUT2D eigenvalue weighted by Gasteiger charge is 2.47. The first-order chi connectivity index (χ1) is 20.2. The molecule has 2 heterocycles. The Hall–Kier alpha value is -1.71. The second kappa shape index (κ2) is 12.5. The fourth-order valence-corrected chi connectivity index (χ4v) is 7.37. The van der Waals surface area contributed by atoms with Gasteiger partial charge in [0, 0.05) is 21.3 Å². The van der Waals surface area contributed by atoms with Gasteiger partial charge in [-0.15, -0.1) is 0 Å². The van der Waals surface area contributed by atoms with Gasteiger partial charge < -0.3 is 23.5 Å². The number of pyridine rings is 1. The molecule has 0 atom stereocenters. The third-order valence-corrected chi connectivity index (χ3v) is 19.5. The Morgan fingerprint density at radius 1 is 1.00 bits per heavy atom. The van der Waals surface area contributed by atoms with E-state index >= 15 is 0 Å². The molecule has 0 bridgehead atoms. The summed E-state index contributed by atoms with van der Waals surface area (Å²) >= 11 is 8.23. The van der Waals surface area contributed by atoms with E-state index < -0.39 is 28.1 Å². The molecular weight excluding hydrogens is 723 g/mol. The van der Waals surface area contributed by atoms with Crippen molar-refractivity contribution in [2.24, 2.45) is 0 Å². The van der Waals surface area contributed by atoms with Crippen LogP contribution in [0.25, 0.3) is 10.9 Å². The molecule has 0 saturated heterocycles. The van der Waals surface area contributed by atoms with Crippen LogP contribution < -0.4 is 15.5 Å². The monoisotopic (exact) mass is 768 g/mol. The SMILES string of the molecule is CC(C)(C)[Si](C)(C)OCC1(CO[Si](C)(C)C(C)(C)C)COc2cc(I)cc3c(=O)c(C(=O)NCc4ccc(Cl)cc4)cn1c23. The minimum absolute atomic E-state index is 0.0103. The van der Waals surface area contributed by atoms with Crippen LogP contribution in [0.3, 0.4) is 0 Å². The van der Waals surface area contributed by atoms with Crippen LogP contribution in [0.2, 0.25) is 41.3 Å². The molecule has 4 rings (SSSR count). The molecule has 0 spiro atoms. The maximum absolute atomic E-state index is 13.9. The Labute approximate surface area is 282 Å². The van der Waals surface area contributed by atoms with Crippen molar-refractivity contribution in [3.63, 3.8) is 0 Å². The number of carbonyl (C=O) groups excluding carboxylic acids is 1. The Morgan fingerprint density at radius 2 is 1.55 bits per heavy atom. The first kappa shape index (κ1) is 35.2. The molecule has 1 aromatic heterocycles. The highest BCUT2D eigenvalue weighted by Crippen LogP contribution is 2.42. The summed E-state index contributed by atoms with van der Waals surface area (Å²) < 4.78 is 23.1. The standard InChI is InChI=1S/C33H46ClIN2O5Si2/c1-31(2,3)43(7,8)41-20-33(21-42-44(9,10)32(4,5)6)19-40-27-16-24(35)15-25-28(27)37(33)18-26(29(25)38)30(39)36-17-22-11-13-23(34)14-12-22/h11-16,18H,17,19-21H2,1-10H3,(H,36,39). The molecule has 1 amide bonds. The van der Waals surface area contributed by atoms with Crippen molar-refractivity contribution in [3.8, 4) is 5.75 Å². The summed E-state index contributed by atoms with van der Waals surface area (Å²) in [5.74, 6) is 0.180. The molecule has 0 aliphatic carbocycles. The second-order valence-electron chi connectivity index (χ2n) is 15.0. The van der Waals surface area contributed by atoms with Crippen LogP contribution in [0.1, 0.15) is 57.5 Å². The number of nitrogens with one attached hydrogen (secondary N) is 1. The molecule has 0 radical (unpaired) electrons. The van der Waals surface area contributed by atoms with E-state index in [1.54, 1.807) is 18.3 Å². The van der Waals surface area contributed by atoms with E-state index in [0.29, 0.717) is 34.9 Å². The third-order valence-electron chi connectivity index (χ3n) is 9.66. The molecular formula is C33H46ClIN2O5Si2. The predicted octanol–water partition coefficient (Wildman–Crippen LogP) is 8.32. The number of aromatic nitrogens is 1. The zero-order chi connectivity index (χ0) is 32.9. The lowest BCUT2D eigenvalue weighted by Gasteiger charge is -2.46. The van der Waals surface area contributed by atoms with Gasteiger partial charge in [0.25, 0.3) is 5.91 Å². The number of hydrogen-bond acceptors (Lipinski definition) is 5. The predicted molar refractivity (Wildman–Crippen MR) is 193 cm³/mol. The molecule has 7 nitrogen and oxygen atoms in total. The van der Waals surface area contributed by atoms with Gasteiger partial charge in [-0.2, -0.15) is 0 Å². The number of rotatable bonds is 9. The van der Waals surface area contributed by atoms with Crippen LogP contribution in [0.4, 0.5) is 0 Å². The Balaban J connectivity index is 1.87. The van der Waals surface area contributed by atoms with Crippen LogP contribution in [-0.4, -0.2) is 46.9 Å². The average molecular weight is 769 g/mol. The molecule has 1 aliphatic rings. The van der Waals surface area contributed by atoms with Crippen LogP contribution >= 0.6 is 34.2 Å². The number of hydrogen-bond donors (Lipinski definition) is 1. The van der Waals surface area contributed by atoms with Gasteiger partial charge in [-0.05, 0) is 88.7 Å². The number of carbonyl (C=O) groups is 1. The van der Waals surface area contributed by atoms with Crippen LogP contribution in [0.5, 0.6) is 5.75 Å². The van der Waals surface area contributed by atoms with Crippen molar-refractivity contribution in [1.82, 2.24) is 9.88 Å². The maximum atomic E-state index is 13.9. The molecule has 0 fully saturated rings. The minimum atomic E-state index is -2.20. The van der Waals surface area contributed by atoms with Gasteiger partial charge in [0.15, 0.2) is 16.6 Å². The number of amides is 1. The van der Waals surface area contributed by atoms with Gasteiger partial charge in [0.1, 0.15) is 23.5 Å². The largest absolute Gasteiger partial charge is 0.489 e. The summed E-state index contributed by atoms with van der Waals surface area (Å²) in [6.07, 6.45) is 1.70. The lowest BCUT2D eigenvalue weighted by atomic mass is 9.97. The Morgan fingerprint density at radius 3 is 2.07 bits per heavy atom. The van der Waals surface area contributed by atoms with Crippen molar-refractivity contribution >= 4 is 67.6 Å². The number of nitrogens with zero attached hydrogens (tertiary/aromatic N) is 1. The third kappa shape index (κ3) is 7.15. The highest BCUT2D eigenvalue weighted by molar-refractivity contribution is 14.1. The summed E-state index contributed by atoms with van der Waals surface area (Å²) in [5, 5.41) is 3.98. The zero-order valence-electron chi connectivity index (χ0n) is 27.6. The summed E-state index contributed by atoms with van der Waals surface area (Å²) in [7, 11) is -4.39. The smallest absolute Gasteiger partial charge is 0.257 e. The molecule has 2 aromatic carbocycles. The Kier molecular flexibility index (Phi) is 9.97. The summed E-state index contributed by atoms with van der Waals surface area (Å²) in [6.45, 7) is 23.4. The zero-order valence-corrected chi connectivity index (χ0v) is 32.5. The van der Waals surface area contributed by atoms with Gasteiger partial charge in [-0.25, -0.2) is 0 Å². The van der Waals surface area contributed by atoms with Crippen LogP contribution in [-0.2, 0) is 20.9 Å². The van der Waals surface area contributed by atoms with E-state index in [4.69, 9.17) is 25.2 Å². The fraction of sp³-hybridized carbons (Fsp3) is 0.515. The number of benzene rings is 2. The van der Waals surface area contributed by atoms with Crippen LogP contribution in [0, 0.1) is 3.57 Å². The number of halogens is 2. The molecule has 3 aromatic rings. The van der Waals surface area contributed by atoms with E-state index in [1.807, 2.05) is 24.3 Å². The topological polar surface area (TPSA) is 78.8 Å². The fourth-order valence-electron chi connectivity index (χ4n) is 4.53. The minimum Gasteiger partial charge on any atom is -0.489 e. The van der Waals surface area contributed by atoms with Crippen molar-refractivity contribution in [3.05, 3.63) is 72.5 Å². The van der Waals surface area contributed by atoms with E-state index in [9.17, 15) is 9.59 Å². The van der Waals surface area contributed by atoms with Gasteiger partial charge in [0.05, 0.1) is 24.1 Å². The lowest BCUT2D eigenvalue weighted by Crippen LogP contribution is -2.56. The molecule has 11 heteroatoms. The molecule has 0 saturated carbocycles. The van der Waals surface area contributed by atoms with E-state index in [2.05, 4.69) is 100 Å². The molecule has 1 aliphatic heterocycles. The maximum Gasteiger partial charge on any atom is 0.257 e. The van der Waals surface area contributed by atoms with Crippen LogP contribution in [0.15, 0.2) is 47.4 Å². The summed E-state index contributed by atoms with van der Waals surface area (Å²) in [6, 6.07) is 11.0. The molecule has 1 N–H and O–H groups in total. The second-order valence-corrected chi connectivity index (χ2v) is 26.3. The van der Waals surface area contributed by atoms with E-state index in [-0.39, 0.29) is 34.2 Å². The van der Waals surface area contributed by atoms with Crippen molar-refractivity contribution in [2.75, 3.05) is 19.8 Å². The lowest BCUT2D eigenvalue weighted by molar-refractivity contribution is 0.0262. The van der Waals surface area contributed by atoms with E-state index in [1.165, 1.54) is 0 Å². The van der Waals surface area contributed by atoms with Crippen molar-refractivity contribution < 1.29 is 18.4 Å². The van der Waals surface area contributed by atoms with Crippen molar-refractivity contribution in [1.29, 1.82) is 0 Å². The first-order valence-corrected chi connectivity index (χ1v) is 22.3. The molecule has 44 heavy (non-hydrogen) atoms. The van der Waals surface area contributed by atoms with E-state index in [0.717, 1.165) is 9.13 Å². The molecule has 240 valence electrons. The summed E-state index contributed by atoms with van der Waals surface area (Å²) in [4.78, 5) is 27.6. The average Bonchev–Trinajstić information content (AvgIpc) is 2.91. The Bertz CT molecular complexity index is 1580. The number of ether oxygens (including phenoxy) is 1. The van der Waals surface area contributed by atoms with Crippen molar-refractivity contribution in [2.45, 2.75) is 89.9 Å². The van der Waals surface area contributed by atoms with Gasteiger partial charge in [0.2, 0.25) is 5.43 Å². The first-order valence-electron chi connectivity index (χ1n) is 15.0. The molecule has 0 unspecified atom stereocenters. The van der Waals surface area contributed by atoms with Gasteiger partial charge in [-0.3, -0.25) is 9.59 Å². The van der Waals surface area contributed by atoms with Gasteiger partial charge in [-0.1, -0.05) is 65.3 Å². The highest BCUT2D eigenvalue weighted by atomic mass is 127. The quantitative estimate of drug-likeness (QED) is 0.175. The summed E-state index contributed by atoms with van der Waals surface area (Å²) in [5.41, 5.74) is 0.482. The normalized spacial score (nSPS) is 15.3.